The van der Waals surface area contributed by atoms with Crippen LogP contribution in [-0.2, 0) is 0 Å². The summed E-state index contributed by atoms with van der Waals surface area (Å²) in [5, 5.41) is 0.705. The van der Waals surface area contributed by atoms with Crippen LogP contribution in [0.4, 0.5) is 0 Å². The van der Waals surface area contributed by atoms with E-state index in [1.165, 1.54) is 25.0 Å². The van der Waals surface area contributed by atoms with Gasteiger partial charge in [0.2, 0.25) is 0 Å². The molecular formula is C12H24N2S. The zero-order valence-electron chi connectivity index (χ0n) is 10.4. The third-order valence-electron chi connectivity index (χ3n) is 2.87. The molecule has 1 aliphatic rings. The van der Waals surface area contributed by atoms with Crippen LogP contribution in [0.3, 0.4) is 0 Å². The topological polar surface area (TPSA) is 38.4 Å². The Kier molecular flexibility index (Phi) is 4.50. The van der Waals surface area contributed by atoms with Crippen molar-refractivity contribution in [2.75, 3.05) is 5.75 Å². The molecular weight excluding hydrogens is 204 g/mol. The number of rotatable bonds is 3. The maximum atomic E-state index is 6.03. The quantitative estimate of drug-likeness (QED) is 0.595. The van der Waals surface area contributed by atoms with E-state index >= 15 is 0 Å². The maximum Gasteiger partial charge on any atom is 0.0995 e. The summed E-state index contributed by atoms with van der Waals surface area (Å²) < 4.78 is 0. The molecule has 88 valence electrons. The Labute approximate surface area is 98.1 Å². The van der Waals surface area contributed by atoms with Crippen molar-refractivity contribution in [1.82, 2.24) is 0 Å². The molecule has 0 aromatic carbocycles. The zero-order chi connectivity index (χ0) is 11.5. The molecule has 0 heterocycles. The van der Waals surface area contributed by atoms with E-state index in [4.69, 9.17) is 10.7 Å². The first-order valence-electron chi connectivity index (χ1n) is 5.90. The van der Waals surface area contributed by atoms with Gasteiger partial charge in [-0.25, -0.2) is 0 Å². The number of amidine groups is 1. The largest absolute Gasteiger partial charge is 0.387 e. The standard InChI is InChI=1S/C12H24N2S/c1-5-15-10-8-6-7-9(10)14-11(13)12(2,3)4/h9-10H,5-8H2,1-4H3,(H2,13,14). The summed E-state index contributed by atoms with van der Waals surface area (Å²) in [6, 6.07) is 0.467. The molecule has 0 spiro atoms. The number of hydrogen-bond donors (Lipinski definition) is 1. The van der Waals surface area contributed by atoms with Gasteiger partial charge in [-0.2, -0.15) is 11.8 Å². The molecule has 0 amide bonds. The van der Waals surface area contributed by atoms with E-state index in [1.807, 2.05) is 11.8 Å². The molecule has 2 atom stereocenters. The summed E-state index contributed by atoms with van der Waals surface area (Å²) >= 11 is 2.04. The Bertz CT molecular complexity index is 230. The smallest absolute Gasteiger partial charge is 0.0995 e. The summed E-state index contributed by atoms with van der Waals surface area (Å²) in [7, 11) is 0. The SMILES string of the molecule is CCSC1CCCC1N=C(N)C(C)(C)C. The van der Waals surface area contributed by atoms with Crippen LogP contribution in [0.5, 0.6) is 0 Å². The van der Waals surface area contributed by atoms with E-state index < -0.39 is 0 Å². The Balaban J connectivity index is 2.63. The van der Waals surface area contributed by atoms with Crippen molar-refractivity contribution >= 4 is 17.6 Å². The second kappa shape index (κ2) is 5.24. The minimum Gasteiger partial charge on any atom is -0.387 e. The number of nitrogens with two attached hydrogens (primary N) is 1. The van der Waals surface area contributed by atoms with Gasteiger partial charge in [0.1, 0.15) is 0 Å². The van der Waals surface area contributed by atoms with Gasteiger partial charge in [-0.05, 0) is 18.6 Å². The van der Waals surface area contributed by atoms with Crippen molar-refractivity contribution in [3.05, 3.63) is 0 Å². The lowest BCUT2D eigenvalue weighted by Crippen LogP contribution is -2.31. The van der Waals surface area contributed by atoms with Gasteiger partial charge in [0.05, 0.1) is 11.9 Å². The van der Waals surface area contributed by atoms with Gasteiger partial charge in [-0.1, -0.05) is 34.1 Å². The molecule has 1 saturated carbocycles. The highest BCUT2D eigenvalue weighted by molar-refractivity contribution is 7.99. The molecule has 0 aliphatic heterocycles. The Morgan fingerprint density at radius 1 is 1.40 bits per heavy atom. The van der Waals surface area contributed by atoms with Gasteiger partial charge in [0, 0.05) is 10.7 Å². The molecule has 0 radical (unpaired) electrons. The highest BCUT2D eigenvalue weighted by Crippen LogP contribution is 2.32. The maximum absolute atomic E-state index is 6.03. The molecule has 3 heteroatoms. The molecule has 0 bridgehead atoms. The van der Waals surface area contributed by atoms with Crippen LogP contribution in [0, 0.1) is 5.41 Å². The monoisotopic (exact) mass is 228 g/mol. The number of aliphatic imine (C=N–C) groups is 1. The molecule has 0 aromatic rings. The van der Waals surface area contributed by atoms with E-state index in [9.17, 15) is 0 Å². The fraction of sp³-hybridized carbons (Fsp3) is 0.917. The Morgan fingerprint density at radius 3 is 2.60 bits per heavy atom. The average molecular weight is 228 g/mol. The third-order valence-corrected chi connectivity index (χ3v) is 4.18. The van der Waals surface area contributed by atoms with Crippen LogP contribution >= 0.6 is 11.8 Å². The van der Waals surface area contributed by atoms with E-state index in [2.05, 4.69) is 27.7 Å². The van der Waals surface area contributed by atoms with E-state index in [1.54, 1.807) is 0 Å². The Morgan fingerprint density at radius 2 is 2.07 bits per heavy atom. The predicted molar refractivity (Wildman–Crippen MR) is 70.6 cm³/mol. The van der Waals surface area contributed by atoms with Crippen LogP contribution in [0.25, 0.3) is 0 Å². The van der Waals surface area contributed by atoms with Gasteiger partial charge in [0.15, 0.2) is 0 Å². The summed E-state index contributed by atoms with van der Waals surface area (Å²) in [6.45, 7) is 8.60. The molecule has 2 unspecified atom stereocenters. The molecule has 2 N–H and O–H groups in total. The molecule has 0 aromatic heterocycles. The number of thioether (sulfide) groups is 1. The van der Waals surface area contributed by atoms with Crippen molar-refractivity contribution in [2.45, 2.75) is 58.2 Å². The summed E-state index contributed by atoms with van der Waals surface area (Å²) in [5.74, 6) is 2.00. The minimum absolute atomic E-state index is 0.0179. The van der Waals surface area contributed by atoms with E-state index in [0.717, 1.165) is 5.84 Å². The summed E-state index contributed by atoms with van der Waals surface area (Å²) in [6.07, 6.45) is 3.84. The third kappa shape index (κ3) is 3.71. The summed E-state index contributed by atoms with van der Waals surface area (Å²) in [4.78, 5) is 4.72. The predicted octanol–water partition coefficient (Wildman–Crippen LogP) is 3.06. The Hall–Kier alpha value is -0.180. The normalized spacial score (nSPS) is 28.4. The lowest BCUT2D eigenvalue weighted by atomic mass is 9.95. The summed E-state index contributed by atoms with van der Waals surface area (Å²) in [5.41, 5.74) is 6.05. The van der Waals surface area contributed by atoms with Crippen molar-refractivity contribution in [3.8, 4) is 0 Å². The van der Waals surface area contributed by atoms with Crippen molar-refractivity contribution in [2.24, 2.45) is 16.1 Å². The van der Waals surface area contributed by atoms with Gasteiger partial charge in [-0.3, -0.25) is 4.99 Å². The highest BCUT2D eigenvalue weighted by atomic mass is 32.2. The van der Waals surface area contributed by atoms with Crippen molar-refractivity contribution in [3.63, 3.8) is 0 Å². The van der Waals surface area contributed by atoms with Gasteiger partial charge < -0.3 is 5.73 Å². The molecule has 2 nitrogen and oxygen atoms in total. The van der Waals surface area contributed by atoms with Crippen LogP contribution in [0.2, 0.25) is 0 Å². The van der Waals surface area contributed by atoms with Gasteiger partial charge in [0.25, 0.3) is 0 Å². The molecule has 1 fully saturated rings. The second-order valence-electron chi connectivity index (χ2n) is 5.26. The number of hydrogen-bond acceptors (Lipinski definition) is 2. The first kappa shape index (κ1) is 12.9. The van der Waals surface area contributed by atoms with Crippen LogP contribution in [0.1, 0.15) is 47.0 Å². The van der Waals surface area contributed by atoms with Crippen molar-refractivity contribution < 1.29 is 0 Å². The van der Waals surface area contributed by atoms with Crippen molar-refractivity contribution in [1.29, 1.82) is 0 Å². The van der Waals surface area contributed by atoms with Crippen LogP contribution in [0.15, 0.2) is 4.99 Å². The van der Waals surface area contributed by atoms with Crippen LogP contribution < -0.4 is 5.73 Å². The zero-order valence-corrected chi connectivity index (χ0v) is 11.2. The highest BCUT2D eigenvalue weighted by Gasteiger charge is 2.28. The lowest BCUT2D eigenvalue weighted by Gasteiger charge is -2.21. The van der Waals surface area contributed by atoms with Gasteiger partial charge in [-0.15, -0.1) is 0 Å². The molecule has 1 aliphatic carbocycles. The first-order valence-corrected chi connectivity index (χ1v) is 6.95. The van der Waals surface area contributed by atoms with E-state index in [-0.39, 0.29) is 5.41 Å². The molecule has 0 saturated heterocycles. The molecule has 15 heavy (non-hydrogen) atoms. The van der Waals surface area contributed by atoms with E-state index in [0.29, 0.717) is 11.3 Å². The molecule has 1 rings (SSSR count). The number of nitrogens with zero attached hydrogens (tertiary/aromatic N) is 1. The fourth-order valence-corrected chi connectivity index (χ4v) is 3.02. The average Bonchev–Trinajstić information content (AvgIpc) is 2.52. The fourth-order valence-electron chi connectivity index (χ4n) is 1.83. The van der Waals surface area contributed by atoms with Gasteiger partial charge >= 0.3 is 0 Å². The first-order chi connectivity index (χ1) is 6.95. The van der Waals surface area contributed by atoms with Crippen LogP contribution in [-0.4, -0.2) is 22.9 Å². The minimum atomic E-state index is 0.0179. The lowest BCUT2D eigenvalue weighted by molar-refractivity contribution is 0.571. The second-order valence-corrected chi connectivity index (χ2v) is 6.77.